The van der Waals surface area contributed by atoms with E-state index in [2.05, 4.69) is 32.0 Å². The maximum absolute atomic E-state index is 12.6. The molecule has 1 aliphatic rings. The summed E-state index contributed by atoms with van der Waals surface area (Å²) in [7, 11) is 1.63. The average molecular weight is 433 g/mol. The molecule has 0 aliphatic carbocycles. The number of cyclic esters (lactones) is 1. The molecule has 2 bridgehead atoms. The Morgan fingerprint density at radius 2 is 2.06 bits per heavy atom. The molecule has 4 atom stereocenters. The number of hydrogen-bond acceptors (Lipinski definition) is 5. The van der Waals surface area contributed by atoms with Crippen molar-refractivity contribution in [2.24, 2.45) is 5.92 Å². The van der Waals surface area contributed by atoms with Crippen molar-refractivity contribution in [1.29, 1.82) is 0 Å². The topological polar surface area (TPSA) is 76.0 Å². The van der Waals surface area contributed by atoms with E-state index in [-0.39, 0.29) is 24.6 Å². The second-order valence-electron chi connectivity index (χ2n) is 9.36. The van der Waals surface area contributed by atoms with E-state index in [1.165, 1.54) is 0 Å². The van der Waals surface area contributed by atoms with Gasteiger partial charge in [-0.25, -0.2) is 0 Å². The van der Waals surface area contributed by atoms with E-state index in [0.29, 0.717) is 25.7 Å². The quantitative estimate of drug-likeness (QED) is 0.535. The van der Waals surface area contributed by atoms with Crippen molar-refractivity contribution < 1.29 is 24.5 Å². The second-order valence-corrected chi connectivity index (χ2v) is 9.36. The molecule has 1 aromatic carbocycles. The Kier molecular flexibility index (Phi) is 9.73. The highest BCUT2D eigenvalue weighted by Crippen LogP contribution is 2.32. The van der Waals surface area contributed by atoms with Crippen molar-refractivity contribution in [2.45, 2.75) is 89.9 Å². The summed E-state index contributed by atoms with van der Waals surface area (Å²) < 4.78 is 11.6. The van der Waals surface area contributed by atoms with Gasteiger partial charge in [-0.3, -0.25) is 4.79 Å². The first kappa shape index (κ1) is 25.6. The molecular weight excluding hydrogens is 392 g/mol. The second kappa shape index (κ2) is 11.8. The zero-order chi connectivity index (χ0) is 23.0. The van der Waals surface area contributed by atoms with Gasteiger partial charge in [0.05, 0.1) is 12.2 Å². The van der Waals surface area contributed by atoms with Gasteiger partial charge in [-0.1, -0.05) is 51.1 Å². The molecule has 0 saturated carbocycles. The first-order valence-corrected chi connectivity index (χ1v) is 11.5. The summed E-state index contributed by atoms with van der Waals surface area (Å²) in [5, 5.41) is 20.7. The highest BCUT2D eigenvalue weighted by molar-refractivity contribution is 5.69. The van der Waals surface area contributed by atoms with E-state index >= 15 is 0 Å². The van der Waals surface area contributed by atoms with E-state index in [9.17, 15) is 15.0 Å². The standard InChI is InChI=1S/C26H40O5/c1-6-19(17-27)13-18(2)23-15-22(30-5)16-24(28)26(3,4)21-11-7-9-20(14-21)10-8-12-25(29)31-23/h7,9,11,13-14,19,22-24,27-28H,6,8,10,12,15-17H2,1-5H3/b18-13-/t19-,22-,23+,24+/m1/s1. The van der Waals surface area contributed by atoms with Crippen LogP contribution in [0.1, 0.15) is 70.9 Å². The van der Waals surface area contributed by atoms with Crippen molar-refractivity contribution in [3.63, 3.8) is 0 Å². The molecule has 2 N–H and O–H groups in total. The number of aryl methyl sites for hydroxylation is 1. The monoisotopic (exact) mass is 432 g/mol. The Morgan fingerprint density at radius 3 is 2.71 bits per heavy atom. The molecule has 0 spiro atoms. The number of benzene rings is 1. The molecule has 2 rings (SSSR count). The number of aliphatic hydroxyl groups excluding tert-OH is 2. The fourth-order valence-corrected chi connectivity index (χ4v) is 4.15. The van der Waals surface area contributed by atoms with Gasteiger partial charge in [0.15, 0.2) is 0 Å². The molecule has 0 amide bonds. The van der Waals surface area contributed by atoms with Crippen LogP contribution in [0.4, 0.5) is 0 Å². The van der Waals surface area contributed by atoms with Crippen molar-refractivity contribution in [3.05, 3.63) is 47.0 Å². The summed E-state index contributed by atoms with van der Waals surface area (Å²) in [6.45, 7) is 8.15. The molecule has 5 heteroatoms. The number of rotatable bonds is 5. The van der Waals surface area contributed by atoms with Crippen molar-refractivity contribution >= 4 is 5.97 Å². The number of carbonyl (C=O) groups excluding carboxylic acids is 1. The van der Waals surface area contributed by atoms with Crippen LogP contribution in [0.15, 0.2) is 35.9 Å². The zero-order valence-electron chi connectivity index (χ0n) is 19.8. The minimum Gasteiger partial charge on any atom is -0.458 e. The lowest BCUT2D eigenvalue weighted by Crippen LogP contribution is -2.38. The molecule has 0 fully saturated rings. The van der Waals surface area contributed by atoms with Gasteiger partial charge < -0.3 is 19.7 Å². The molecule has 0 unspecified atom stereocenters. The van der Waals surface area contributed by atoms with Gasteiger partial charge in [-0.15, -0.1) is 0 Å². The van der Waals surface area contributed by atoms with Crippen molar-refractivity contribution in [1.82, 2.24) is 0 Å². The summed E-state index contributed by atoms with van der Waals surface area (Å²) in [6, 6.07) is 8.28. The van der Waals surface area contributed by atoms with Gasteiger partial charge in [0, 0.05) is 44.3 Å². The van der Waals surface area contributed by atoms with Gasteiger partial charge in [-0.05, 0) is 42.9 Å². The lowest BCUT2D eigenvalue weighted by atomic mass is 9.76. The molecule has 174 valence electrons. The number of hydrogen-bond donors (Lipinski definition) is 2. The molecule has 0 radical (unpaired) electrons. The number of esters is 1. The highest BCUT2D eigenvalue weighted by atomic mass is 16.5. The third kappa shape index (κ3) is 7.16. The Balaban J connectivity index is 2.34. The first-order valence-electron chi connectivity index (χ1n) is 11.5. The largest absolute Gasteiger partial charge is 0.458 e. The van der Waals surface area contributed by atoms with Crippen LogP contribution in [0.5, 0.6) is 0 Å². The maximum atomic E-state index is 12.6. The number of fused-ring (bicyclic) bond motifs is 2. The predicted molar refractivity (Wildman–Crippen MR) is 123 cm³/mol. The van der Waals surface area contributed by atoms with E-state index in [1.807, 2.05) is 26.0 Å². The van der Waals surface area contributed by atoms with Gasteiger partial charge in [0.2, 0.25) is 0 Å². The van der Waals surface area contributed by atoms with Crippen LogP contribution in [0, 0.1) is 5.92 Å². The van der Waals surface area contributed by atoms with Crippen LogP contribution in [0.3, 0.4) is 0 Å². The summed E-state index contributed by atoms with van der Waals surface area (Å²) >= 11 is 0. The SMILES string of the molecule is CC[C@H](/C=C(/C)[C@@H]1C[C@@H](OC)C[C@H](O)C(C)(C)c2cccc(c2)CCCC(=O)O1)CO. The Labute approximate surface area is 187 Å². The fourth-order valence-electron chi connectivity index (χ4n) is 4.15. The summed E-state index contributed by atoms with van der Waals surface area (Å²) in [6.07, 6.45) is 4.26. The number of ether oxygens (including phenoxy) is 2. The summed E-state index contributed by atoms with van der Waals surface area (Å²) in [5.41, 5.74) is 2.74. The van der Waals surface area contributed by atoms with Crippen LogP contribution < -0.4 is 0 Å². The minimum atomic E-state index is -0.614. The van der Waals surface area contributed by atoms with E-state index < -0.39 is 17.6 Å². The molecule has 5 nitrogen and oxygen atoms in total. The molecule has 0 aromatic heterocycles. The number of carbonyl (C=O) groups is 1. The third-order valence-electron chi connectivity index (χ3n) is 6.69. The smallest absolute Gasteiger partial charge is 0.306 e. The fraction of sp³-hybridized carbons (Fsp3) is 0.654. The average Bonchev–Trinajstić information content (AvgIpc) is 2.75. The summed E-state index contributed by atoms with van der Waals surface area (Å²) in [5.74, 6) is -0.193. The molecule has 1 aliphatic heterocycles. The number of aliphatic hydroxyl groups is 2. The zero-order valence-corrected chi connectivity index (χ0v) is 19.8. The van der Waals surface area contributed by atoms with E-state index in [4.69, 9.17) is 9.47 Å². The first-order chi connectivity index (χ1) is 14.7. The Morgan fingerprint density at radius 1 is 1.32 bits per heavy atom. The minimum absolute atomic E-state index is 0.0300. The van der Waals surface area contributed by atoms with Crippen molar-refractivity contribution in [2.75, 3.05) is 13.7 Å². The predicted octanol–water partition coefficient (Wildman–Crippen LogP) is 4.33. The molecule has 31 heavy (non-hydrogen) atoms. The summed E-state index contributed by atoms with van der Waals surface area (Å²) in [4.78, 5) is 12.6. The lowest BCUT2D eigenvalue weighted by Gasteiger charge is -2.34. The van der Waals surface area contributed by atoms with Crippen LogP contribution in [0.2, 0.25) is 0 Å². The van der Waals surface area contributed by atoms with Gasteiger partial charge in [0.1, 0.15) is 6.10 Å². The van der Waals surface area contributed by atoms with E-state index in [0.717, 1.165) is 29.5 Å². The van der Waals surface area contributed by atoms with Gasteiger partial charge in [-0.2, -0.15) is 0 Å². The van der Waals surface area contributed by atoms with E-state index in [1.54, 1.807) is 7.11 Å². The van der Waals surface area contributed by atoms with Gasteiger partial charge >= 0.3 is 5.97 Å². The van der Waals surface area contributed by atoms with Crippen molar-refractivity contribution in [3.8, 4) is 0 Å². The van der Waals surface area contributed by atoms with Crippen LogP contribution >= 0.6 is 0 Å². The van der Waals surface area contributed by atoms with Crippen LogP contribution in [-0.2, 0) is 26.1 Å². The van der Waals surface area contributed by atoms with Gasteiger partial charge in [0.25, 0.3) is 0 Å². The normalized spacial score (nSPS) is 26.6. The third-order valence-corrected chi connectivity index (χ3v) is 6.69. The lowest BCUT2D eigenvalue weighted by molar-refractivity contribution is -0.149. The highest BCUT2D eigenvalue weighted by Gasteiger charge is 2.33. The Hall–Kier alpha value is -1.69. The Bertz CT molecular complexity index is 735. The van der Waals surface area contributed by atoms with Crippen LogP contribution in [-0.4, -0.2) is 48.2 Å². The molecular formula is C26H40O5. The number of methoxy groups -OCH3 is 1. The maximum Gasteiger partial charge on any atom is 0.306 e. The molecule has 0 saturated heterocycles. The van der Waals surface area contributed by atoms with Crippen LogP contribution in [0.25, 0.3) is 0 Å². The molecule has 1 heterocycles. The molecule has 1 aromatic rings.